The topological polar surface area (TPSA) is 131 Å². The maximum atomic E-state index is 12.6. The largest absolute Gasteiger partial charge is 0.361 e. The average Bonchev–Trinajstić information content (AvgIpc) is 3.31. The highest BCUT2D eigenvalue weighted by atomic mass is 35.5. The predicted molar refractivity (Wildman–Crippen MR) is 120 cm³/mol. The van der Waals surface area contributed by atoms with E-state index < -0.39 is 0 Å². The van der Waals surface area contributed by atoms with E-state index in [1.165, 1.54) is 10.9 Å². The summed E-state index contributed by atoms with van der Waals surface area (Å²) in [5, 5.41) is 14.8. The number of halogens is 2. The number of hydrogen-bond donors (Lipinski definition) is 3. The van der Waals surface area contributed by atoms with Gasteiger partial charge in [-0.05, 0) is 31.5 Å². The van der Waals surface area contributed by atoms with Gasteiger partial charge < -0.3 is 15.2 Å². The van der Waals surface area contributed by atoms with Crippen molar-refractivity contribution in [1.29, 1.82) is 0 Å². The highest BCUT2D eigenvalue weighted by molar-refractivity contribution is 6.42. The van der Waals surface area contributed by atoms with Crippen LogP contribution in [0.25, 0.3) is 11.0 Å². The molecule has 3 aromatic heterocycles. The lowest BCUT2D eigenvalue weighted by molar-refractivity contribution is 0.0950. The first-order chi connectivity index (χ1) is 15.3. The predicted octanol–water partition coefficient (Wildman–Crippen LogP) is 3.07. The van der Waals surface area contributed by atoms with Crippen LogP contribution in [-0.2, 0) is 13.1 Å². The first-order valence-electron chi connectivity index (χ1n) is 9.68. The number of nitrogens with one attached hydrogen (secondary N) is 3. The molecule has 1 amide bonds. The van der Waals surface area contributed by atoms with Crippen molar-refractivity contribution in [3.8, 4) is 0 Å². The van der Waals surface area contributed by atoms with Gasteiger partial charge in [0.05, 0.1) is 28.5 Å². The Morgan fingerprint density at radius 2 is 2.06 bits per heavy atom. The molecule has 0 spiro atoms. The van der Waals surface area contributed by atoms with Crippen LogP contribution < -0.4 is 16.2 Å². The van der Waals surface area contributed by atoms with E-state index in [2.05, 4.69) is 30.9 Å². The summed E-state index contributed by atoms with van der Waals surface area (Å²) in [6.07, 6.45) is 1.50. The summed E-state index contributed by atoms with van der Waals surface area (Å²) >= 11 is 12.0. The van der Waals surface area contributed by atoms with Gasteiger partial charge >= 0.3 is 0 Å². The van der Waals surface area contributed by atoms with Gasteiger partial charge in [-0.25, -0.2) is 4.98 Å². The molecule has 1 aromatic carbocycles. The fraction of sp³-hybridized carbons (Fsp3) is 0.250. The van der Waals surface area contributed by atoms with E-state index in [-0.39, 0.29) is 18.0 Å². The number of fused-ring (bicyclic) bond motifs is 1. The summed E-state index contributed by atoms with van der Waals surface area (Å²) in [6, 6.07) is 5.27. The van der Waals surface area contributed by atoms with Crippen LogP contribution in [0.2, 0.25) is 10.0 Å². The van der Waals surface area contributed by atoms with Gasteiger partial charge in [-0.15, -0.1) is 0 Å². The van der Waals surface area contributed by atoms with Gasteiger partial charge in [0.25, 0.3) is 11.5 Å². The normalized spacial score (nSPS) is 11.1. The van der Waals surface area contributed by atoms with Crippen LogP contribution in [0, 0.1) is 13.8 Å². The van der Waals surface area contributed by atoms with Gasteiger partial charge in [-0.3, -0.25) is 19.3 Å². The second-order valence-electron chi connectivity index (χ2n) is 7.07. The minimum absolute atomic E-state index is 0.260. The van der Waals surface area contributed by atoms with Crippen LogP contribution in [0.5, 0.6) is 0 Å². The summed E-state index contributed by atoms with van der Waals surface area (Å²) in [6.45, 7) is 4.32. The number of anilines is 1. The van der Waals surface area contributed by atoms with Crippen LogP contribution in [0.4, 0.5) is 5.95 Å². The lowest BCUT2D eigenvalue weighted by atomic mass is 10.2. The summed E-state index contributed by atoms with van der Waals surface area (Å²) in [5.41, 5.74) is 2.21. The zero-order valence-corrected chi connectivity index (χ0v) is 18.7. The first kappa shape index (κ1) is 21.8. The number of H-pyrrole nitrogens is 1. The molecule has 0 aliphatic heterocycles. The molecule has 4 aromatic rings. The van der Waals surface area contributed by atoms with Crippen LogP contribution in [0.3, 0.4) is 0 Å². The van der Waals surface area contributed by atoms with Crippen molar-refractivity contribution in [2.75, 3.05) is 11.9 Å². The quantitative estimate of drug-likeness (QED) is 0.374. The molecule has 4 rings (SSSR count). The molecule has 0 atom stereocenters. The van der Waals surface area contributed by atoms with E-state index in [0.29, 0.717) is 57.1 Å². The zero-order chi connectivity index (χ0) is 22.8. The van der Waals surface area contributed by atoms with E-state index >= 15 is 0 Å². The molecule has 0 bridgehead atoms. The standard InChI is InChI=1S/C20H19Cl2N7O3/c1-10-16(11(2)32-28-10)18(30)23-5-6-29-17-15(9-25-29)26-20(27-19(17)31)24-8-12-3-4-13(21)14(22)7-12/h3-4,7,9H,5-6,8H2,1-2H3,(H,23,30)(H2,24,26,27,31). The zero-order valence-electron chi connectivity index (χ0n) is 17.2. The van der Waals surface area contributed by atoms with Gasteiger partial charge in [0, 0.05) is 13.1 Å². The Kier molecular flexibility index (Phi) is 6.15. The number of hydrogen-bond acceptors (Lipinski definition) is 7. The van der Waals surface area contributed by atoms with Crippen LogP contribution in [-0.4, -0.2) is 37.4 Å². The Labute approximate surface area is 191 Å². The monoisotopic (exact) mass is 475 g/mol. The first-order valence-corrected chi connectivity index (χ1v) is 10.4. The number of benzene rings is 1. The molecule has 10 nitrogen and oxygen atoms in total. The lowest BCUT2D eigenvalue weighted by Gasteiger charge is -2.08. The average molecular weight is 476 g/mol. The van der Waals surface area contributed by atoms with Crippen LogP contribution in [0.1, 0.15) is 27.4 Å². The van der Waals surface area contributed by atoms with E-state index in [0.717, 1.165) is 5.56 Å². The third kappa shape index (κ3) is 4.46. The number of aryl methyl sites for hydroxylation is 2. The Morgan fingerprint density at radius 3 is 2.78 bits per heavy atom. The van der Waals surface area contributed by atoms with Crippen LogP contribution >= 0.6 is 23.2 Å². The molecule has 0 saturated carbocycles. The minimum Gasteiger partial charge on any atom is -0.361 e. The van der Waals surface area contributed by atoms with Crippen molar-refractivity contribution >= 4 is 46.1 Å². The molecule has 0 radical (unpaired) electrons. The number of carbonyl (C=O) groups is 1. The van der Waals surface area contributed by atoms with Gasteiger partial charge in [0.15, 0.2) is 5.52 Å². The van der Waals surface area contributed by atoms with Gasteiger partial charge in [0.2, 0.25) is 5.95 Å². The molecule has 32 heavy (non-hydrogen) atoms. The molecule has 3 N–H and O–H groups in total. The van der Waals surface area contributed by atoms with Crippen molar-refractivity contribution < 1.29 is 9.32 Å². The molecular formula is C20H19Cl2N7O3. The number of nitrogens with zero attached hydrogens (tertiary/aromatic N) is 4. The maximum Gasteiger partial charge on any atom is 0.278 e. The van der Waals surface area contributed by atoms with E-state index in [1.54, 1.807) is 26.0 Å². The number of amides is 1. The molecule has 166 valence electrons. The summed E-state index contributed by atoms with van der Waals surface area (Å²) in [4.78, 5) is 32.1. The van der Waals surface area contributed by atoms with Crippen molar-refractivity contribution in [3.63, 3.8) is 0 Å². The van der Waals surface area contributed by atoms with Crippen molar-refractivity contribution in [2.45, 2.75) is 26.9 Å². The minimum atomic E-state index is -0.346. The van der Waals surface area contributed by atoms with Crippen molar-refractivity contribution in [1.82, 2.24) is 30.2 Å². The molecule has 0 fully saturated rings. The van der Waals surface area contributed by atoms with Crippen molar-refractivity contribution in [3.05, 3.63) is 67.4 Å². The van der Waals surface area contributed by atoms with Crippen molar-refractivity contribution in [2.24, 2.45) is 0 Å². The van der Waals surface area contributed by atoms with Crippen LogP contribution in [0.15, 0.2) is 33.7 Å². The smallest absolute Gasteiger partial charge is 0.278 e. The Morgan fingerprint density at radius 1 is 1.25 bits per heavy atom. The molecule has 0 unspecified atom stereocenters. The highest BCUT2D eigenvalue weighted by Gasteiger charge is 2.17. The van der Waals surface area contributed by atoms with E-state index in [9.17, 15) is 9.59 Å². The lowest BCUT2D eigenvalue weighted by Crippen LogP contribution is -2.29. The summed E-state index contributed by atoms with van der Waals surface area (Å²) < 4.78 is 6.51. The maximum absolute atomic E-state index is 12.6. The number of aromatic amines is 1. The molecule has 0 aliphatic rings. The molecule has 0 aliphatic carbocycles. The highest BCUT2D eigenvalue weighted by Crippen LogP contribution is 2.23. The van der Waals surface area contributed by atoms with Gasteiger partial charge in [0.1, 0.15) is 16.8 Å². The fourth-order valence-corrected chi connectivity index (χ4v) is 3.59. The summed E-state index contributed by atoms with van der Waals surface area (Å²) in [5.74, 6) is 0.462. The Bertz CT molecular complexity index is 1340. The number of rotatable bonds is 7. The van der Waals surface area contributed by atoms with Gasteiger partial charge in [-0.1, -0.05) is 34.4 Å². The van der Waals surface area contributed by atoms with E-state index in [1.807, 2.05) is 6.07 Å². The fourth-order valence-electron chi connectivity index (χ4n) is 3.27. The third-order valence-corrected chi connectivity index (χ3v) is 5.55. The SMILES string of the molecule is Cc1noc(C)c1C(=O)NCCn1ncc2nc(NCc3ccc(Cl)c(Cl)c3)[nH]c(=O)c21. The van der Waals surface area contributed by atoms with E-state index in [4.69, 9.17) is 27.7 Å². The number of aromatic nitrogens is 5. The summed E-state index contributed by atoms with van der Waals surface area (Å²) in [7, 11) is 0. The molecular weight excluding hydrogens is 457 g/mol. The van der Waals surface area contributed by atoms with Gasteiger partial charge in [-0.2, -0.15) is 5.10 Å². The molecule has 3 heterocycles. The third-order valence-electron chi connectivity index (χ3n) is 4.81. The number of carbonyl (C=O) groups excluding carboxylic acids is 1. The Balaban J connectivity index is 1.42. The Hall–Kier alpha value is -3.37. The second-order valence-corrected chi connectivity index (χ2v) is 7.89. The molecule has 0 saturated heterocycles. The second kappa shape index (κ2) is 9.01. The molecule has 12 heteroatoms.